The molecule has 1 N–H and O–H groups in total. The Balaban J connectivity index is 2.63. The van der Waals surface area contributed by atoms with Crippen molar-refractivity contribution in [1.29, 1.82) is 0 Å². The number of rotatable bonds is 5. The Hall–Kier alpha value is -0.320. The molecule has 1 heterocycles. The van der Waals surface area contributed by atoms with Crippen molar-refractivity contribution in [3.05, 3.63) is 22.6 Å². The summed E-state index contributed by atoms with van der Waals surface area (Å²) in [6, 6.07) is 2.05. The fraction of sp³-hybridized carbons (Fsp3) is 0.636. The van der Waals surface area contributed by atoms with E-state index in [4.69, 9.17) is 9.15 Å². The second kappa shape index (κ2) is 5.14. The van der Waals surface area contributed by atoms with Crippen molar-refractivity contribution < 1.29 is 9.15 Å². The minimum Gasteiger partial charge on any atom is -0.466 e. The summed E-state index contributed by atoms with van der Waals surface area (Å²) in [6.45, 7) is 6.93. The number of hydrogen-bond acceptors (Lipinski definition) is 3. The monoisotopic (exact) mass is 275 g/mol. The second-order valence-corrected chi connectivity index (χ2v) is 5.17. The third-order valence-electron chi connectivity index (χ3n) is 2.15. The number of furan rings is 1. The molecular weight excluding hydrogens is 258 g/mol. The lowest BCUT2D eigenvalue weighted by Gasteiger charge is -2.28. The first-order chi connectivity index (χ1) is 6.96. The van der Waals surface area contributed by atoms with Gasteiger partial charge in [0, 0.05) is 12.6 Å². The van der Waals surface area contributed by atoms with Crippen LogP contribution in [-0.4, -0.2) is 19.3 Å². The van der Waals surface area contributed by atoms with E-state index in [-0.39, 0.29) is 11.6 Å². The van der Waals surface area contributed by atoms with Crippen molar-refractivity contribution in [2.75, 3.05) is 13.7 Å². The van der Waals surface area contributed by atoms with Gasteiger partial charge in [-0.15, -0.1) is 0 Å². The summed E-state index contributed by atoms with van der Waals surface area (Å²) >= 11 is 3.45. The topological polar surface area (TPSA) is 34.4 Å². The first-order valence-electron chi connectivity index (χ1n) is 4.96. The highest BCUT2D eigenvalue weighted by atomic mass is 79.9. The molecule has 0 fully saturated rings. The average molecular weight is 276 g/mol. The quantitative estimate of drug-likeness (QED) is 0.897. The van der Waals surface area contributed by atoms with Crippen molar-refractivity contribution >= 4 is 15.9 Å². The fourth-order valence-electron chi connectivity index (χ4n) is 1.67. The molecule has 0 radical (unpaired) electrons. The molecule has 0 aromatic carbocycles. The van der Waals surface area contributed by atoms with E-state index < -0.39 is 0 Å². The number of nitrogens with one attached hydrogen (secondary N) is 1. The molecule has 1 aromatic heterocycles. The van der Waals surface area contributed by atoms with Crippen LogP contribution in [0, 0.1) is 0 Å². The van der Waals surface area contributed by atoms with Gasteiger partial charge >= 0.3 is 0 Å². The maximum atomic E-state index is 5.40. The summed E-state index contributed by atoms with van der Waals surface area (Å²) in [4.78, 5) is 0. The van der Waals surface area contributed by atoms with Gasteiger partial charge in [-0.25, -0.2) is 0 Å². The van der Waals surface area contributed by atoms with E-state index in [1.165, 1.54) is 0 Å². The minimum atomic E-state index is -0.0691. The molecule has 0 aliphatic heterocycles. The summed E-state index contributed by atoms with van der Waals surface area (Å²) in [5, 5.41) is 3.45. The van der Waals surface area contributed by atoms with Crippen molar-refractivity contribution in [1.82, 2.24) is 5.32 Å². The molecule has 0 aliphatic carbocycles. The van der Waals surface area contributed by atoms with Crippen LogP contribution in [0.15, 0.2) is 21.2 Å². The van der Waals surface area contributed by atoms with Crippen LogP contribution in [-0.2, 0) is 4.74 Å². The zero-order valence-corrected chi connectivity index (χ0v) is 11.2. The highest BCUT2D eigenvalue weighted by Gasteiger charge is 2.23. The summed E-state index contributed by atoms with van der Waals surface area (Å²) in [5.74, 6) is 0.916. The average Bonchev–Trinajstić information content (AvgIpc) is 2.50. The number of ether oxygens (including phenoxy) is 1. The molecule has 1 atom stereocenters. The third kappa shape index (κ3) is 3.63. The Morgan fingerprint density at radius 2 is 2.27 bits per heavy atom. The predicted molar refractivity (Wildman–Crippen MR) is 63.9 cm³/mol. The van der Waals surface area contributed by atoms with Gasteiger partial charge in [0.2, 0.25) is 0 Å². The van der Waals surface area contributed by atoms with E-state index in [9.17, 15) is 0 Å². The van der Waals surface area contributed by atoms with Crippen LogP contribution in [0.2, 0.25) is 0 Å². The van der Waals surface area contributed by atoms with Crippen LogP contribution in [0.25, 0.3) is 0 Å². The number of halogens is 1. The van der Waals surface area contributed by atoms with Gasteiger partial charge < -0.3 is 14.5 Å². The Bertz CT molecular complexity index is 309. The molecule has 15 heavy (non-hydrogen) atoms. The highest BCUT2D eigenvalue weighted by molar-refractivity contribution is 9.10. The van der Waals surface area contributed by atoms with Crippen molar-refractivity contribution in [3.63, 3.8) is 0 Å². The Labute approximate surface area is 99.3 Å². The SMILES string of the molecule is COCC(C)(C)NC(C)c1occc1Br. The van der Waals surface area contributed by atoms with Crippen LogP contribution in [0.4, 0.5) is 0 Å². The number of methoxy groups -OCH3 is 1. The molecule has 86 valence electrons. The van der Waals surface area contributed by atoms with E-state index in [1.807, 2.05) is 6.07 Å². The molecule has 1 aromatic rings. The van der Waals surface area contributed by atoms with Gasteiger partial charge in [-0.1, -0.05) is 0 Å². The van der Waals surface area contributed by atoms with Crippen LogP contribution in [0.3, 0.4) is 0 Å². The summed E-state index contributed by atoms with van der Waals surface area (Å²) in [5.41, 5.74) is -0.0691. The van der Waals surface area contributed by atoms with Crippen LogP contribution in [0.1, 0.15) is 32.6 Å². The zero-order valence-electron chi connectivity index (χ0n) is 9.63. The predicted octanol–water partition coefficient (Wildman–Crippen LogP) is 3.12. The van der Waals surface area contributed by atoms with E-state index in [0.29, 0.717) is 6.61 Å². The first-order valence-corrected chi connectivity index (χ1v) is 5.75. The van der Waals surface area contributed by atoms with Gasteiger partial charge in [0.05, 0.1) is 23.4 Å². The lowest BCUT2D eigenvalue weighted by Crippen LogP contribution is -2.44. The van der Waals surface area contributed by atoms with Gasteiger partial charge in [-0.2, -0.15) is 0 Å². The van der Waals surface area contributed by atoms with Gasteiger partial charge in [-0.3, -0.25) is 0 Å². The second-order valence-electron chi connectivity index (χ2n) is 4.32. The molecule has 1 rings (SSSR count). The van der Waals surface area contributed by atoms with Gasteiger partial charge in [0.25, 0.3) is 0 Å². The maximum Gasteiger partial charge on any atom is 0.134 e. The highest BCUT2D eigenvalue weighted by Crippen LogP contribution is 2.25. The lowest BCUT2D eigenvalue weighted by atomic mass is 10.1. The van der Waals surface area contributed by atoms with Gasteiger partial charge in [0.15, 0.2) is 0 Å². The van der Waals surface area contributed by atoms with Gasteiger partial charge in [0.1, 0.15) is 5.76 Å². The maximum absolute atomic E-state index is 5.40. The van der Waals surface area contributed by atoms with E-state index in [1.54, 1.807) is 13.4 Å². The number of hydrogen-bond donors (Lipinski definition) is 1. The van der Waals surface area contributed by atoms with Crippen LogP contribution >= 0.6 is 15.9 Å². The Morgan fingerprint density at radius 3 is 2.73 bits per heavy atom. The largest absolute Gasteiger partial charge is 0.466 e. The molecule has 0 amide bonds. The summed E-state index contributed by atoms with van der Waals surface area (Å²) in [6.07, 6.45) is 1.68. The summed E-state index contributed by atoms with van der Waals surface area (Å²) < 4.78 is 11.5. The minimum absolute atomic E-state index is 0.0691. The molecule has 4 heteroatoms. The van der Waals surface area contributed by atoms with Gasteiger partial charge in [-0.05, 0) is 42.8 Å². The molecular formula is C11H18BrNO2. The normalized spacial score (nSPS) is 14.2. The standard InChI is InChI=1S/C11H18BrNO2/c1-8(10-9(12)5-6-15-10)13-11(2,3)7-14-4/h5-6,8,13H,7H2,1-4H3. The lowest BCUT2D eigenvalue weighted by molar-refractivity contribution is 0.119. The van der Waals surface area contributed by atoms with E-state index >= 15 is 0 Å². The van der Waals surface area contributed by atoms with Crippen LogP contribution in [0.5, 0.6) is 0 Å². The summed E-state index contributed by atoms with van der Waals surface area (Å²) in [7, 11) is 1.71. The first kappa shape index (κ1) is 12.7. The molecule has 3 nitrogen and oxygen atoms in total. The molecule has 0 bridgehead atoms. The Kier molecular flexibility index (Phi) is 4.37. The van der Waals surface area contributed by atoms with E-state index in [2.05, 4.69) is 42.0 Å². The van der Waals surface area contributed by atoms with Crippen molar-refractivity contribution in [3.8, 4) is 0 Å². The van der Waals surface area contributed by atoms with Crippen LogP contribution < -0.4 is 5.32 Å². The molecule has 0 aliphatic rings. The molecule has 1 unspecified atom stereocenters. The molecule has 0 saturated heterocycles. The smallest absolute Gasteiger partial charge is 0.134 e. The molecule has 0 saturated carbocycles. The fourth-order valence-corrected chi connectivity index (χ4v) is 2.21. The Morgan fingerprint density at radius 1 is 1.60 bits per heavy atom. The van der Waals surface area contributed by atoms with Crippen molar-refractivity contribution in [2.45, 2.75) is 32.4 Å². The third-order valence-corrected chi connectivity index (χ3v) is 2.81. The van der Waals surface area contributed by atoms with Crippen molar-refractivity contribution in [2.24, 2.45) is 0 Å². The van der Waals surface area contributed by atoms with E-state index in [0.717, 1.165) is 10.2 Å². The molecule has 0 spiro atoms. The zero-order chi connectivity index (χ0) is 11.5.